The predicted octanol–water partition coefficient (Wildman–Crippen LogP) is -0.0228. The molecule has 0 fully saturated rings. The highest BCUT2D eigenvalue weighted by Gasteiger charge is 1.98. The van der Waals surface area contributed by atoms with Crippen molar-refractivity contribution in [1.29, 1.82) is 0 Å². The first-order chi connectivity index (χ1) is 5.33. The van der Waals surface area contributed by atoms with E-state index in [-0.39, 0.29) is 6.17 Å². The summed E-state index contributed by atoms with van der Waals surface area (Å²) < 4.78 is 0. The minimum atomic E-state index is -0.155. The monoisotopic (exact) mass is 151 g/mol. The summed E-state index contributed by atoms with van der Waals surface area (Å²) in [4.78, 5) is 0. The number of nitrogens with two attached hydrogens (primary N) is 2. The van der Waals surface area contributed by atoms with Gasteiger partial charge in [-0.3, -0.25) is 5.84 Å². The maximum absolute atomic E-state index is 5.57. The standard InChI is InChI=1S/C8H13N3/c9-8(11-10)6-7-4-2-1-3-5-7/h1-5,8,11H,6,9-10H2. The van der Waals surface area contributed by atoms with Crippen LogP contribution in [0.3, 0.4) is 0 Å². The smallest absolute Gasteiger partial charge is 0.0717 e. The van der Waals surface area contributed by atoms with Crippen molar-refractivity contribution in [3.05, 3.63) is 35.9 Å². The molecule has 0 heterocycles. The molecule has 1 rings (SSSR count). The molecule has 0 bridgehead atoms. The third-order valence-corrected chi connectivity index (χ3v) is 1.51. The Morgan fingerprint density at radius 1 is 1.27 bits per heavy atom. The number of hydrogen-bond acceptors (Lipinski definition) is 3. The molecule has 0 spiro atoms. The summed E-state index contributed by atoms with van der Waals surface area (Å²) in [5, 5.41) is 0. The first kappa shape index (κ1) is 8.20. The van der Waals surface area contributed by atoms with Gasteiger partial charge >= 0.3 is 0 Å². The average Bonchev–Trinajstić information content (AvgIpc) is 2.06. The molecule has 0 aromatic heterocycles. The molecular formula is C8H13N3. The van der Waals surface area contributed by atoms with Gasteiger partial charge in [0.2, 0.25) is 0 Å². The van der Waals surface area contributed by atoms with Crippen molar-refractivity contribution >= 4 is 0 Å². The van der Waals surface area contributed by atoms with Crippen molar-refractivity contribution in [2.24, 2.45) is 11.6 Å². The minimum absolute atomic E-state index is 0.155. The lowest BCUT2D eigenvalue weighted by molar-refractivity contribution is 0.544. The topological polar surface area (TPSA) is 64.1 Å². The van der Waals surface area contributed by atoms with Crippen LogP contribution in [0.4, 0.5) is 0 Å². The largest absolute Gasteiger partial charge is 0.315 e. The second kappa shape index (κ2) is 4.08. The van der Waals surface area contributed by atoms with E-state index in [0.29, 0.717) is 0 Å². The summed E-state index contributed by atoms with van der Waals surface area (Å²) in [6.45, 7) is 0. The Kier molecular flexibility index (Phi) is 3.04. The lowest BCUT2D eigenvalue weighted by atomic mass is 10.1. The van der Waals surface area contributed by atoms with Crippen LogP contribution in [0.5, 0.6) is 0 Å². The zero-order chi connectivity index (χ0) is 8.10. The molecule has 1 unspecified atom stereocenters. The van der Waals surface area contributed by atoms with Crippen LogP contribution in [-0.2, 0) is 6.42 Å². The van der Waals surface area contributed by atoms with Crippen LogP contribution in [-0.4, -0.2) is 6.17 Å². The van der Waals surface area contributed by atoms with E-state index in [0.717, 1.165) is 6.42 Å². The third kappa shape index (κ3) is 2.67. The highest BCUT2D eigenvalue weighted by molar-refractivity contribution is 5.15. The Labute approximate surface area is 66.4 Å². The Balaban J connectivity index is 2.51. The van der Waals surface area contributed by atoms with Gasteiger partial charge in [-0.05, 0) is 5.56 Å². The Hall–Kier alpha value is -0.900. The summed E-state index contributed by atoms with van der Waals surface area (Å²) in [6.07, 6.45) is 0.606. The molecule has 0 aliphatic heterocycles. The number of benzene rings is 1. The number of rotatable bonds is 3. The highest BCUT2D eigenvalue weighted by atomic mass is 15.3. The van der Waals surface area contributed by atoms with Gasteiger partial charge < -0.3 is 5.73 Å². The van der Waals surface area contributed by atoms with Crippen molar-refractivity contribution in [3.63, 3.8) is 0 Å². The number of nitrogens with one attached hydrogen (secondary N) is 1. The maximum Gasteiger partial charge on any atom is 0.0717 e. The molecule has 0 aliphatic rings. The summed E-state index contributed by atoms with van der Waals surface area (Å²) in [5.74, 6) is 5.14. The van der Waals surface area contributed by atoms with E-state index in [2.05, 4.69) is 5.43 Å². The maximum atomic E-state index is 5.57. The van der Waals surface area contributed by atoms with Crippen LogP contribution < -0.4 is 17.0 Å². The zero-order valence-electron chi connectivity index (χ0n) is 6.33. The quantitative estimate of drug-likeness (QED) is 0.323. The molecule has 0 aliphatic carbocycles. The molecule has 0 radical (unpaired) electrons. The Bertz CT molecular complexity index is 198. The molecule has 5 N–H and O–H groups in total. The van der Waals surface area contributed by atoms with Gasteiger partial charge in [0.25, 0.3) is 0 Å². The van der Waals surface area contributed by atoms with E-state index in [1.165, 1.54) is 5.56 Å². The van der Waals surface area contributed by atoms with E-state index in [4.69, 9.17) is 11.6 Å². The van der Waals surface area contributed by atoms with Gasteiger partial charge in [-0.25, -0.2) is 5.43 Å². The van der Waals surface area contributed by atoms with Crippen molar-refractivity contribution in [2.75, 3.05) is 0 Å². The van der Waals surface area contributed by atoms with Crippen molar-refractivity contribution in [1.82, 2.24) is 5.43 Å². The van der Waals surface area contributed by atoms with Crippen molar-refractivity contribution < 1.29 is 0 Å². The van der Waals surface area contributed by atoms with E-state index in [9.17, 15) is 0 Å². The Morgan fingerprint density at radius 2 is 1.91 bits per heavy atom. The van der Waals surface area contributed by atoms with Gasteiger partial charge in [-0.1, -0.05) is 30.3 Å². The highest BCUT2D eigenvalue weighted by Crippen LogP contribution is 1.99. The van der Waals surface area contributed by atoms with Gasteiger partial charge in [-0.15, -0.1) is 0 Å². The van der Waals surface area contributed by atoms with E-state index >= 15 is 0 Å². The van der Waals surface area contributed by atoms with Crippen LogP contribution in [0.1, 0.15) is 5.56 Å². The van der Waals surface area contributed by atoms with Crippen molar-refractivity contribution in [2.45, 2.75) is 12.6 Å². The molecule has 1 aromatic rings. The summed E-state index contributed by atoms with van der Waals surface area (Å²) in [6, 6.07) is 10.00. The predicted molar refractivity (Wildman–Crippen MR) is 45.4 cm³/mol. The van der Waals surface area contributed by atoms with Gasteiger partial charge in [0.05, 0.1) is 6.17 Å². The van der Waals surface area contributed by atoms with Crippen LogP contribution in [0.15, 0.2) is 30.3 Å². The van der Waals surface area contributed by atoms with Crippen LogP contribution in [0.2, 0.25) is 0 Å². The normalized spacial score (nSPS) is 12.9. The molecule has 1 aromatic carbocycles. The van der Waals surface area contributed by atoms with Gasteiger partial charge in [-0.2, -0.15) is 0 Å². The minimum Gasteiger partial charge on any atom is -0.315 e. The molecule has 11 heavy (non-hydrogen) atoms. The van der Waals surface area contributed by atoms with Gasteiger partial charge in [0.1, 0.15) is 0 Å². The molecule has 60 valence electrons. The molecular weight excluding hydrogens is 138 g/mol. The first-order valence-electron chi connectivity index (χ1n) is 3.58. The molecule has 0 saturated carbocycles. The van der Waals surface area contributed by atoms with E-state index < -0.39 is 0 Å². The third-order valence-electron chi connectivity index (χ3n) is 1.51. The van der Waals surface area contributed by atoms with Gasteiger partial charge in [0, 0.05) is 6.42 Å². The summed E-state index contributed by atoms with van der Waals surface area (Å²) in [7, 11) is 0. The van der Waals surface area contributed by atoms with Crippen molar-refractivity contribution in [3.8, 4) is 0 Å². The van der Waals surface area contributed by atoms with Crippen LogP contribution in [0, 0.1) is 0 Å². The van der Waals surface area contributed by atoms with Gasteiger partial charge in [0.15, 0.2) is 0 Å². The lowest BCUT2D eigenvalue weighted by Gasteiger charge is -2.08. The molecule has 3 nitrogen and oxygen atoms in total. The average molecular weight is 151 g/mol. The Morgan fingerprint density at radius 3 is 2.45 bits per heavy atom. The molecule has 0 saturated heterocycles. The SMILES string of the molecule is NNC(N)Cc1ccccc1. The summed E-state index contributed by atoms with van der Waals surface area (Å²) >= 11 is 0. The van der Waals surface area contributed by atoms with Crippen LogP contribution in [0.25, 0.3) is 0 Å². The first-order valence-corrected chi connectivity index (χ1v) is 3.58. The van der Waals surface area contributed by atoms with Crippen LogP contribution >= 0.6 is 0 Å². The number of hydrogen-bond donors (Lipinski definition) is 3. The lowest BCUT2D eigenvalue weighted by Crippen LogP contribution is -2.43. The molecule has 3 heteroatoms. The zero-order valence-corrected chi connectivity index (χ0v) is 6.33. The second-order valence-electron chi connectivity index (χ2n) is 2.46. The fraction of sp³-hybridized carbons (Fsp3) is 0.250. The van der Waals surface area contributed by atoms with E-state index in [1.807, 2.05) is 30.3 Å². The van der Waals surface area contributed by atoms with E-state index in [1.54, 1.807) is 0 Å². The fourth-order valence-electron chi connectivity index (χ4n) is 0.927. The summed E-state index contributed by atoms with van der Waals surface area (Å²) in [5.41, 5.74) is 9.25. The molecule has 1 atom stereocenters. The second-order valence-corrected chi connectivity index (χ2v) is 2.46. The molecule has 0 amide bonds. The fourth-order valence-corrected chi connectivity index (χ4v) is 0.927. The number of hydrazine groups is 1.